The van der Waals surface area contributed by atoms with E-state index in [2.05, 4.69) is 4.90 Å². The number of amides is 1. The molecule has 1 aromatic carbocycles. The number of carbonyl (C=O) groups is 2. The average Bonchev–Trinajstić information content (AvgIpc) is 3.03. The Labute approximate surface area is 291 Å². The van der Waals surface area contributed by atoms with Crippen molar-refractivity contribution >= 4 is 33.8 Å². The van der Waals surface area contributed by atoms with Crippen LogP contribution < -0.4 is 4.90 Å². The number of halogens is 1. The van der Waals surface area contributed by atoms with Gasteiger partial charge in [-0.2, -0.15) is 0 Å². The molecule has 4 rings (SSSR count). The van der Waals surface area contributed by atoms with Gasteiger partial charge in [0.15, 0.2) is 0 Å². The number of hydrogen-bond donors (Lipinski definition) is 1. The fourth-order valence-corrected chi connectivity index (χ4v) is 7.66. The number of aliphatic hydroxyl groups is 1. The van der Waals surface area contributed by atoms with Crippen molar-refractivity contribution in [2.45, 2.75) is 71.2 Å². The summed E-state index contributed by atoms with van der Waals surface area (Å²) in [6.45, 7) is 10.1. The molecule has 2 fully saturated rings. The number of carbonyl (C=O) groups excluding carboxylic acids is 2. The molecular formula is C36H55FN4O7S. The summed E-state index contributed by atoms with van der Waals surface area (Å²) in [5.74, 6) is -1.05. The molecule has 0 saturated carbocycles. The third-order valence-corrected chi connectivity index (χ3v) is 11.3. The van der Waals surface area contributed by atoms with E-state index in [4.69, 9.17) is 9.47 Å². The lowest BCUT2D eigenvalue weighted by Gasteiger charge is -2.33. The Morgan fingerprint density at radius 2 is 1.73 bits per heavy atom. The zero-order valence-electron chi connectivity index (χ0n) is 29.9. The van der Waals surface area contributed by atoms with Crippen LogP contribution in [0.25, 0.3) is 6.08 Å². The fourth-order valence-electron chi connectivity index (χ4n) is 6.79. The third-order valence-electron chi connectivity index (χ3n) is 10.0. The lowest BCUT2D eigenvalue weighted by Crippen LogP contribution is -2.48. The van der Waals surface area contributed by atoms with Gasteiger partial charge in [0.25, 0.3) is 0 Å². The maximum absolute atomic E-state index is 15.0. The highest BCUT2D eigenvalue weighted by Crippen LogP contribution is 2.28. The topological polar surface area (TPSA) is 120 Å². The fraction of sp³-hybridized carbons (Fsp3) is 0.667. The van der Waals surface area contributed by atoms with Crippen molar-refractivity contribution in [1.29, 1.82) is 0 Å². The molecule has 1 aromatic rings. The number of hydrogen-bond acceptors (Lipinski definition) is 9. The van der Waals surface area contributed by atoms with Gasteiger partial charge in [0, 0.05) is 64.5 Å². The second-order valence-corrected chi connectivity index (χ2v) is 16.3. The average molecular weight is 707 g/mol. The first-order chi connectivity index (χ1) is 23.1. The Hall–Kier alpha value is -3.00. The zero-order chi connectivity index (χ0) is 35.9. The minimum Gasteiger partial charge on any atom is -0.457 e. The quantitative estimate of drug-likeness (QED) is 0.326. The predicted molar refractivity (Wildman–Crippen MR) is 189 cm³/mol. The molecule has 11 nitrogen and oxygen atoms in total. The highest BCUT2D eigenvalue weighted by atomic mass is 32.2. The van der Waals surface area contributed by atoms with Crippen LogP contribution in [0.15, 0.2) is 35.9 Å². The van der Waals surface area contributed by atoms with E-state index in [0.717, 1.165) is 25.9 Å². The molecule has 49 heavy (non-hydrogen) atoms. The van der Waals surface area contributed by atoms with E-state index < -0.39 is 40.1 Å². The molecule has 0 spiro atoms. The summed E-state index contributed by atoms with van der Waals surface area (Å²) >= 11 is 0. The largest absolute Gasteiger partial charge is 0.457 e. The van der Waals surface area contributed by atoms with E-state index in [-0.39, 0.29) is 30.3 Å². The maximum Gasteiger partial charge on any atom is 0.410 e. The van der Waals surface area contributed by atoms with E-state index >= 15 is 0 Å². The lowest BCUT2D eigenvalue weighted by molar-refractivity contribution is -0.151. The van der Waals surface area contributed by atoms with E-state index in [1.165, 1.54) is 22.7 Å². The minimum absolute atomic E-state index is 0.0880. The van der Waals surface area contributed by atoms with Crippen LogP contribution in [0.5, 0.6) is 0 Å². The lowest BCUT2D eigenvalue weighted by atomic mass is 9.91. The van der Waals surface area contributed by atoms with Crippen LogP contribution in [-0.2, 0) is 24.3 Å². The minimum atomic E-state index is -3.21. The maximum atomic E-state index is 15.0. The van der Waals surface area contributed by atoms with Crippen LogP contribution >= 0.6 is 0 Å². The van der Waals surface area contributed by atoms with Crippen molar-refractivity contribution in [3.63, 3.8) is 0 Å². The van der Waals surface area contributed by atoms with Crippen LogP contribution in [0.3, 0.4) is 0 Å². The summed E-state index contributed by atoms with van der Waals surface area (Å²) < 4.78 is 52.2. The number of rotatable bonds is 7. The van der Waals surface area contributed by atoms with Gasteiger partial charge in [0.2, 0.25) is 10.0 Å². The first-order valence-electron chi connectivity index (χ1n) is 17.4. The molecule has 5 atom stereocenters. The number of likely N-dealkylation sites (N-methyl/N-ethyl adjacent to an activating group) is 1. The van der Waals surface area contributed by atoms with Crippen molar-refractivity contribution in [2.75, 3.05) is 71.1 Å². The number of aliphatic hydroxyl groups excluding tert-OH is 1. The van der Waals surface area contributed by atoms with Crippen LogP contribution in [-0.4, -0.2) is 124 Å². The van der Waals surface area contributed by atoms with Gasteiger partial charge < -0.3 is 29.3 Å². The molecule has 3 aliphatic heterocycles. The molecule has 274 valence electrons. The van der Waals surface area contributed by atoms with Crippen molar-refractivity contribution < 1.29 is 37.0 Å². The molecule has 0 radical (unpaired) electrons. The van der Waals surface area contributed by atoms with Gasteiger partial charge in [0.05, 0.1) is 18.8 Å². The smallest absolute Gasteiger partial charge is 0.410 e. The second-order valence-electron chi connectivity index (χ2n) is 14.3. The molecule has 1 amide bonds. The van der Waals surface area contributed by atoms with Gasteiger partial charge in [-0.1, -0.05) is 26.0 Å². The summed E-state index contributed by atoms with van der Waals surface area (Å²) in [6, 6.07) is 4.80. The second kappa shape index (κ2) is 17.3. The van der Waals surface area contributed by atoms with Crippen molar-refractivity contribution in [3.05, 3.63) is 47.3 Å². The summed E-state index contributed by atoms with van der Waals surface area (Å²) in [6.07, 6.45) is 6.56. The number of cyclic esters (lactones) is 1. The highest BCUT2D eigenvalue weighted by molar-refractivity contribution is 7.88. The number of ether oxygens (including phenoxy) is 2. The molecule has 13 heteroatoms. The van der Waals surface area contributed by atoms with E-state index in [9.17, 15) is 27.5 Å². The van der Waals surface area contributed by atoms with E-state index in [1.807, 2.05) is 64.1 Å². The molecule has 0 bridgehead atoms. The standard InChI is InChI=1S/C36H55FN4O7S/c1-25-7-9-32(42)23-34(43)48-35(26(2)8-10-33(25)47-36(44)40-17-15-38(4)16-18-40)27(3)19-29-20-30(37)22-31(21-29)39(5)24-28-11-13-41(14-12-28)49(6,45)46/h8,10,19-22,25-26,28,32-33,35,42H,7,9,11-18,23-24H2,1-6H3/b10-8+,27-19+/t25-,26-,32+,33-,35-/m0/s1. The zero-order valence-corrected chi connectivity index (χ0v) is 30.7. The summed E-state index contributed by atoms with van der Waals surface area (Å²) in [5, 5.41) is 10.7. The number of nitrogens with zero attached hydrogens (tertiary/aromatic N) is 4. The first-order valence-corrected chi connectivity index (χ1v) is 19.3. The van der Waals surface area contributed by atoms with Crippen molar-refractivity contribution in [3.8, 4) is 0 Å². The van der Waals surface area contributed by atoms with Crippen molar-refractivity contribution in [1.82, 2.24) is 14.1 Å². The summed E-state index contributed by atoms with van der Waals surface area (Å²) in [7, 11) is 0.718. The number of sulfonamides is 1. The number of anilines is 1. The first kappa shape index (κ1) is 38.8. The Morgan fingerprint density at radius 1 is 1.06 bits per heavy atom. The van der Waals surface area contributed by atoms with Gasteiger partial charge >= 0.3 is 12.1 Å². The Morgan fingerprint density at radius 3 is 2.39 bits per heavy atom. The molecule has 2 saturated heterocycles. The van der Waals surface area contributed by atoms with Crippen LogP contribution in [0, 0.1) is 23.6 Å². The molecule has 0 aliphatic carbocycles. The highest BCUT2D eigenvalue weighted by Gasteiger charge is 2.30. The Bertz CT molecular complexity index is 1450. The predicted octanol–water partition coefficient (Wildman–Crippen LogP) is 4.37. The normalized spacial score (nSPS) is 28.2. The van der Waals surface area contributed by atoms with E-state index in [1.54, 1.807) is 4.90 Å². The van der Waals surface area contributed by atoms with Gasteiger partial charge in [-0.15, -0.1) is 0 Å². The third kappa shape index (κ3) is 11.5. The van der Waals surface area contributed by atoms with Gasteiger partial charge in [-0.25, -0.2) is 21.9 Å². The number of benzene rings is 1. The number of piperazine rings is 1. The number of piperidine rings is 1. The Kier molecular flexibility index (Phi) is 13.7. The van der Waals surface area contributed by atoms with Gasteiger partial charge in [-0.05, 0) is 86.9 Å². The molecule has 3 aliphatic rings. The Balaban J connectivity index is 1.51. The van der Waals surface area contributed by atoms with Gasteiger partial charge in [0.1, 0.15) is 18.0 Å². The SMILES string of the molecule is C/C(=C\c1cc(F)cc(N(C)CC2CCN(S(C)(=O)=O)CC2)c1)[C@H]1OC(=O)C[C@H](O)CC[C@H](C)[C@@H](OC(=O)N2CCN(C)CC2)/C=C/[C@@H]1C. The molecular weight excluding hydrogens is 651 g/mol. The van der Waals surface area contributed by atoms with Crippen LogP contribution in [0.1, 0.15) is 58.4 Å². The molecule has 1 N–H and O–H groups in total. The van der Waals surface area contributed by atoms with E-state index in [0.29, 0.717) is 62.4 Å². The van der Waals surface area contributed by atoms with Crippen molar-refractivity contribution in [2.24, 2.45) is 17.8 Å². The molecule has 0 aromatic heterocycles. The molecule has 3 heterocycles. The summed E-state index contributed by atoms with van der Waals surface area (Å²) in [4.78, 5) is 31.9. The van der Waals surface area contributed by atoms with Gasteiger partial charge in [-0.3, -0.25) is 4.79 Å². The summed E-state index contributed by atoms with van der Waals surface area (Å²) in [5.41, 5.74) is 2.00. The number of esters is 1. The van der Waals surface area contributed by atoms with Crippen LogP contribution in [0.2, 0.25) is 0 Å². The van der Waals surface area contributed by atoms with Crippen LogP contribution in [0.4, 0.5) is 14.9 Å². The monoisotopic (exact) mass is 706 g/mol. The molecule has 0 unspecified atom stereocenters.